The van der Waals surface area contributed by atoms with Crippen molar-refractivity contribution in [2.75, 3.05) is 6.61 Å². The van der Waals surface area contributed by atoms with E-state index in [-0.39, 0.29) is 29.7 Å². The van der Waals surface area contributed by atoms with E-state index < -0.39 is 107 Å². The summed E-state index contributed by atoms with van der Waals surface area (Å²) in [5.41, 5.74) is -7.34. The van der Waals surface area contributed by atoms with Gasteiger partial charge in [0, 0.05) is 32.1 Å². The van der Waals surface area contributed by atoms with E-state index in [4.69, 9.17) is 23.7 Å². The molecule has 1 aliphatic heterocycles. The number of aliphatic hydroxyl groups is 4. The van der Waals surface area contributed by atoms with Crippen LogP contribution >= 0.6 is 0 Å². The minimum Gasteiger partial charge on any atom is -0.456 e. The lowest BCUT2D eigenvalue weighted by molar-refractivity contribution is -0.346. The second kappa shape index (κ2) is 12.6. The summed E-state index contributed by atoms with van der Waals surface area (Å²) in [6.07, 6.45) is -11.6. The zero-order valence-electron chi connectivity index (χ0n) is 28.5. The summed E-state index contributed by atoms with van der Waals surface area (Å²) in [6, 6.07) is 7.83. The summed E-state index contributed by atoms with van der Waals surface area (Å²) >= 11 is 0. The quantitative estimate of drug-likeness (QED) is 0.179. The van der Waals surface area contributed by atoms with Gasteiger partial charge in [-0.25, -0.2) is 9.59 Å². The Labute approximate surface area is 283 Å². The number of carbonyl (C=O) groups excluding carboxylic acids is 5. The van der Waals surface area contributed by atoms with Crippen molar-refractivity contribution in [2.24, 2.45) is 16.7 Å². The Morgan fingerprint density at radius 3 is 2.14 bits per heavy atom. The highest BCUT2D eigenvalue weighted by Crippen LogP contribution is 2.64. The summed E-state index contributed by atoms with van der Waals surface area (Å²) in [5.74, 6) is -6.14. The van der Waals surface area contributed by atoms with Crippen molar-refractivity contribution in [3.63, 3.8) is 0 Å². The lowest BCUT2D eigenvalue weighted by atomic mass is 9.44. The molecule has 11 atom stereocenters. The molecule has 1 heterocycles. The van der Waals surface area contributed by atoms with Gasteiger partial charge in [-0.2, -0.15) is 0 Å². The van der Waals surface area contributed by atoms with E-state index in [0.29, 0.717) is 0 Å². The van der Waals surface area contributed by atoms with Crippen molar-refractivity contribution in [1.29, 1.82) is 0 Å². The number of rotatable bonds is 7. The van der Waals surface area contributed by atoms with Crippen molar-refractivity contribution >= 4 is 29.7 Å². The van der Waals surface area contributed by atoms with Gasteiger partial charge in [-0.1, -0.05) is 32.0 Å². The number of benzene rings is 1. The molecular formula is C35H44O14. The molecule has 49 heavy (non-hydrogen) atoms. The van der Waals surface area contributed by atoms with Crippen molar-refractivity contribution in [3.05, 3.63) is 47.0 Å². The monoisotopic (exact) mass is 688 g/mol. The van der Waals surface area contributed by atoms with Crippen LogP contribution in [0.1, 0.15) is 71.7 Å². The molecule has 5 rings (SSSR count). The van der Waals surface area contributed by atoms with Gasteiger partial charge in [-0.15, -0.1) is 0 Å². The van der Waals surface area contributed by atoms with Crippen LogP contribution in [0.5, 0.6) is 0 Å². The molecular weight excluding hydrogens is 644 g/mol. The predicted molar refractivity (Wildman–Crippen MR) is 166 cm³/mol. The van der Waals surface area contributed by atoms with Crippen molar-refractivity contribution < 1.29 is 68.1 Å². The smallest absolute Gasteiger partial charge is 0.338 e. The largest absolute Gasteiger partial charge is 0.456 e. The molecule has 2 saturated carbocycles. The standard InChI is InChI=1S/C35H44O14/c1-16-21(47-31(43)25(40)17(2)36)14-35(44)29(48-30(42)20-11-9-8-10-12-20)27-33(7,22(39)13-23-34(27,15-45-23)49-19(4)38)28(41)26(46-18(3)37)24(16)32(35,5)6/h8-12,17,21-23,25-27,29,36,39-40,44H,13-15H2,1-7H3/t17?,21-,22-,23+,25?,26+,27-,29-,33+,34-,35+/m0/s1. The van der Waals surface area contributed by atoms with Gasteiger partial charge in [0.2, 0.25) is 0 Å². The second-order valence-corrected chi connectivity index (χ2v) is 14.4. The van der Waals surface area contributed by atoms with Crippen LogP contribution < -0.4 is 0 Å². The molecule has 14 nitrogen and oxygen atoms in total. The highest BCUT2D eigenvalue weighted by atomic mass is 16.6. The number of ether oxygens (including phenoxy) is 5. The summed E-state index contributed by atoms with van der Waals surface area (Å²) < 4.78 is 29.4. The zero-order chi connectivity index (χ0) is 36.4. The molecule has 0 amide bonds. The molecule has 0 aromatic heterocycles. The van der Waals surface area contributed by atoms with E-state index in [1.165, 1.54) is 32.9 Å². The maximum absolute atomic E-state index is 15.1. The van der Waals surface area contributed by atoms with Gasteiger partial charge in [0.1, 0.15) is 23.9 Å². The van der Waals surface area contributed by atoms with E-state index in [0.717, 1.165) is 13.8 Å². The first kappa shape index (κ1) is 36.6. The van der Waals surface area contributed by atoms with Crippen LogP contribution in [0, 0.1) is 16.7 Å². The molecule has 2 unspecified atom stereocenters. The van der Waals surface area contributed by atoms with E-state index in [9.17, 15) is 39.6 Å². The fraction of sp³-hybridized carbons (Fsp3) is 0.629. The molecule has 1 saturated heterocycles. The lowest BCUT2D eigenvalue weighted by Gasteiger charge is -2.67. The van der Waals surface area contributed by atoms with E-state index in [2.05, 4.69) is 0 Å². The molecule has 268 valence electrons. The topological polar surface area (TPSA) is 212 Å². The average molecular weight is 689 g/mol. The lowest BCUT2D eigenvalue weighted by Crippen LogP contribution is -2.82. The maximum atomic E-state index is 15.1. The zero-order valence-corrected chi connectivity index (χ0v) is 28.5. The number of fused-ring (bicyclic) bond motifs is 5. The van der Waals surface area contributed by atoms with Gasteiger partial charge >= 0.3 is 23.9 Å². The fourth-order valence-corrected chi connectivity index (χ4v) is 8.42. The van der Waals surface area contributed by atoms with Crippen molar-refractivity contribution in [3.8, 4) is 0 Å². The molecule has 4 N–H and O–H groups in total. The third-order valence-corrected chi connectivity index (χ3v) is 11.1. The Balaban J connectivity index is 1.84. The van der Waals surface area contributed by atoms with Gasteiger partial charge in [0.15, 0.2) is 23.6 Å². The van der Waals surface area contributed by atoms with Crippen LogP contribution in [0.3, 0.4) is 0 Å². The SMILES string of the molecule is CC(=O)O[C@H]1C(=O)[C@@]2(C)[C@H]([C@H](OC(=O)c3ccccc3)[C@]3(O)C[C@H](OC(=O)C(O)C(C)O)C(C)=C1C3(C)C)[C@]1(OC(C)=O)CO[C@@H]1C[C@@H]2O. The number of hydrogen-bond acceptors (Lipinski definition) is 14. The number of hydrogen-bond donors (Lipinski definition) is 4. The van der Waals surface area contributed by atoms with Gasteiger partial charge < -0.3 is 44.1 Å². The highest BCUT2D eigenvalue weighted by molar-refractivity contribution is 5.95. The number of esters is 4. The molecule has 0 spiro atoms. The molecule has 3 fully saturated rings. The molecule has 1 aromatic carbocycles. The predicted octanol–water partition coefficient (Wildman–Crippen LogP) is 0.945. The molecule has 0 radical (unpaired) electrons. The first-order chi connectivity index (χ1) is 22.7. The fourth-order valence-electron chi connectivity index (χ4n) is 8.42. The second-order valence-electron chi connectivity index (χ2n) is 14.4. The van der Waals surface area contributed by atoms with Crippen LogP contribution in [0.4, 0.5) is 0 Å². The van der Waals surface area contributed by atoms with Gasteiger partial charge in [-0.05, 0) is 44.1 Å². The van der Waals surface area contributed by atoms with Crippen LogP contribution in [-0.4, -0.2) is 111 Å². The number of ketones is 1. The third kappa shape index (κ3) is 5.57. The van der Waals surface area contributed by atoms with Gasteiger partial charge in [0.25, 0.3) is 0 Å². The van der Waals surface area contributed by atoms with Crippen LogP contribution in [0.25, 0.3) is 0 Å². The van der Waals surface area contributed by atoms with Gasteiger partial charge in [0.05, 0.1) is 35.7 Å². The summed E-state index contributed by atoms with van der Waals surface area (Å²) in [4.78, 5) is 67.5. The number of carbonyl (C=O) groups is 5. The molecule has 2 bridgehead atoms. The Kier molecular flexibility index (Phi) is 9.39. The molecule has 14 heteroatoms. The summed E-state index contributed by atoms with van der Waals surface area (Å²) in [5, 5.41) is 45.3. The normalized spacial score (nSPS) is 37.5. The Hall–Kier alpha value is -3.69. The Bertz CT molecular complexity index is 1570. The number of aliphatic hydroxyl groups excluding tert-OH is 3. The highest BCUT2D eigenvalue weighted by Gasteiger charge is 2.78. The van der Waals surface area contributed by atoms with E-state index in [1.54, 1.807) is 32.0 Å². The first-order valence-corrected chi connectivity index (χ1v) is 16.2. The van der Waals surface area contributed by atoms with Crippen molar-refractivity contribution in [1.82, 2.24) is 0 Å². The van der Waals surface area contributed by atoms with Crippen molar-refractivity contribution in [2.45, 2.75) is 115 Å². The Morgan fingerprint density at radius 1 is 0.980 bits per heavy atom. The third-order valence-electron chi connectivity index (χ3n) is 11.1. The minimum absolute atomic E-state index is 0.0203. The minimum atomic E-state index is -2.32. The number of Topliss-reactive ketones (excluding diaryl/α,β-unsaturated/α-hetero) is 1. The van der Waals surface area contributed by atoms with Crippen LogP contribution in [0.2, 0.25) is 0 Å². The maximum Gasteiger partial charge on any atom is 0.338 e. The molecule has 1 aromatic rings. The summed E-state index contributed by atoms with van der Waals surface area (Å²) in [7, 11) is 0. The first-order valence-electron chi connectivity index (χ1n) is 16.2. The van der Waals surface area contributed by atoms with Gasteiger partial charge in [-0.3, -0.25) is 14.4 Å². The van der Waals surface area contributed by atoms with E-state index >= 15 is 4.79 Å². The summed E-state index contributed by atoms with van der Waals surface area (Å²) in [6.45, 7) is 9.13. The molecule has 4 aliphatic rings. The van der Waals surface area contributed by atoms with Crippen LogP contribution in [-0.2, 0) is 42.9 Å². The average Bonchev–Trinajstić information content (AvgIpc) is 3.02. The molecule has 3 aliphatic carbocycles. The van der Waals surface area contributed by atoms with Crippen LogP contribution in [0.15, 0.2) is 41.5 Å². The Morgan fingerprint density at radius 2 is 1.61 bits per heavy atom. The van der Waals surface area contributed by atoms with E-state index in [1.807, 2.05) is 0 Å².